The van der Waals surface area contributed by atoms with Crippen LogP contribution in [0.4, 0.5) is 26.3 Å². The Balaban J connectivity index is 2.54. The highest BCUT2D eigenvalue weighted by Crippen LogP contribution is 2.11. The van der Waals surface area contributed by atoms with Crippen LogP contribution in [0.3, 0.4) is 0 Å². The van der Waals surface area contributed by atoms with Crippen molar-refractivity contribution in [1.82, 2.24) is 0 Å². The summed E-state index contributed by atoms with van der Waals surface area (Å²) in [6.07, 6.45) is 0. The van der Waals surface area contributed by atoms with Crippen LogP contribution in [0.15, 0.2) is 18.2 Å². The van der Waals surface area contributed by atoms with Crippen LogP contribution in [0, 0.1) is 41.8 Å². The smallest absolute Gasteiger partial charge is 0.200 e. The lowest BCUT2D eigenvalue weighted by atomic mass is 9.62. The fourth-order valence-corrected chi connectivity index (χ4v) is 1.84. The van der Waals surface area contributed by atoms with Crippen molar-refractivity contribution in [2.45, 2.75) is 6.92 Å². The average Bonchev–Trinajstić information content (AvgIpc) is 2.37. The van der Waals surface area contributed by atoms with Crippen LogP contribution in [-0.2, 0) is 0 Å². The average molecular weight is 288 g/mol. The summed E-state index contributed by atoms with van der Waals surface area (Å²) in [5.41, 5.74) is -0.849. The predicted molar refractivity (Wildman–Crippen MR) is 63.8 cm³/mol. The molecule has 0 amide bonds. The van der Waals surface area contributed by atoms with E-state index < -0.39 is 47.6 Å². The minimum Gasteiger partial charge on any atom is -0.207 e. The second kappa shape index (κ2) is 5.23. The van der Waals surface area contributed by atoms with Crippen molar-refractivity contribution in [3.05, 3.63) is 58.7 Å². The molecular weight excluding hydrogens is 281 g/mol. The van der Waals surface area contributed by atoms with E-state index in [0.29, 0.717) is 6.07 Å². The fraction of sp³-hybridized carbons (Fsp3) is 0.0769. The van der Waals surface area contributed by atoms with Crippen molar-refractivity contribution >= 4 is 18.2 Å². The topological polar surface area (TPSA) is 0 Å². The van der Waals surface area contributed by atoms with Crippen molar-refractivity contribution in [3.63, 3.8) is 0 Å². The first-order valence-corrected chi connectivity index (χ1v) is 5.57. The Morgan fingerprint density at radius 1 is 0.750 bits per heavy atom. The summed E-state index contributed by atoms with van der Waals surface area (Å²) in [4.78, 5) is 0. The molecule has 0 aliphatic rings. The molecule has 2 aromatic rings. The standard InChI is InChI=1S/C13H7BF6/c1-5-7(2-6(15)3-8(5)16)14-11-9(17)4-10(18)12(19)13(11)20/h2-4,14H,1H3. The molecule has 0 aromatic heterocycles. The summed E-state index contributed by atoms with van der Waals surface area (Å²) in [5, 5.41) is 0. The van der Waals surface area contributed by atoms with Crippen LogP contribution in [0.5, 0.6) is 0 Å². The van der Waals surface area contributed by atoms with Gasteiger partial charge >= 0.3 is 0 Å². The monoisotopic (exact) mass is 288 g/mol. The van der Waals surface area contributed by atoms with Gasteiger partial charge < -0.3 is 0 Å². The minimum absolute atomic E-state index is 0.0186. The Bertz CT molecular complexity index is 683. The van der Waals surface area contributed by atoms with Gasteiger partial charge in [-0.05, 0) is 24.0 Å². The molecule has 20 heavy (non-hydrogen) atoms. The summed E-state index contributed by atoms with van der Waals surface area (Å²) >= 11 is 0. The molecule has 0 atom stereocenters. The molecule has 0 nitrogen and oxygen atoms in total. The molecule has 0 aliphatic carbocycles. The van der Waals surface area contributed by atoms with Gasteiger partial charge in [-0.25, -0.2) is 26.3 Å². The summed E-state index contributed by atoms with van der Waals surface area (Å²) in [7, 11) is -0.588. The summed E-state index contributed by atoms with van der Waals surface area (Å²) in [6, 6.07) is 1.70. The van der Waals surface area contributed by atoms with Gasteiger partial charge in [-0.3, -0.25) is 0 Å². The van der Waals surface area contributed by atoms with Crippen molar-refractivity contribution in [3.8, 4) is 0 Å². The molecule has 0 radical (unpaired) electrons. The highest BCUT2D eigenvalue weighted by molar-refractivity contribution is 6.67. The van der Waals surface area contributed by atoms with Gasteiger partial charge in [0.1, 0.15) is 17.5 Å². The molecule has 0 spiro atoms. The second-order valence-corrected chi connectivity index (χ2v) is 4.30. The van der Waals surface area contributed by atoms with E-state index in [1.165, 1.54) is 6.92 Å². The number of benzene rings is 2. The maximum atomic E-state index is 13.5. The molecule has 104 valence electrons. The van der Waals surface area contributed by atoms with Crippen LogP contribution >= 0.6 is 0 Å². The van der Waals surface area contributed by atoms with Gasteiger partial charge in [0.05, 0.1) is 0 Å². The molecule has 0 unspecified atom stereocenters. The minimum atomic E-state index is -1.82. The van der Waals surface area contributed by atoms with E-state index in [1.54, 1.807) is 0 Å². The van der Waals surface area contributed by atoms with E-state index in [1.807, 2.05) is 0 Å². The van der Waals surface area contributed by atoms with Crippen molar-refractivity contribution < 1.29 is 26.3 Å². The maximum Gasteiger partial charge on any atom is 0.200 e. The number of hydrogen-bond acceptors (Lipinski definition) is 0. The number of rotatable bonds is 2. The Morgan fingerprint density at radius 2 is 1.40 bits per heavy atom. The summed E-state index contributed by atoms with van der Waals surface area (Å²) < 4.78 is 79.3. The van der Waals surface area contributed by atoms with Gasteiger partial charge in [-0.1, -0.05) is 5.46 Å². The zero-order chi connectivity index (χ0) is 15.0. The zero-order valence-electron chi connectivity index (χ0n) is 10.2. The van der Waals surface area contributed by atoms with Crippen LogP contribution in [0.25, 0.3) is 0 Å². The normalized spacial score (nSPS) is 10.8. The SMILES string of the molecule is Cc1c(F)cc(F)cc1Bc1c(F)cc(F)c(F)c1F. The number of hydrogen-bond donors (Lipinski definition) is 0. The van der Waals surface area contributed by atoms with Gasteiger partial charge in [0.2, 0.25) is 7.28 Å². The third-order valence-electron chi connectivity index (χ3n) is 2.99. The van der Waals surface area contributed by atoms with Crippen LogP contribution in [-0.4, -0.2) is 7.28 Å². The van der Waals surface area contributed by atoms with Crippen molar-refractivity contribution in [2.75, 3.05) is 0 Å². The maximum absolute atomic E-state index is 13.5. The van der Waals surface area contributed by atoms with Crippen LogP contribution < -0.4 is 10.9 Å². The molecule has 0 N–H and O–H groups in total. The van der Waals surface area contributed by atoms with Crippen molar-refractivity contribution in [1.29, 1.82) is 0 Å². The lowest BCUT2D eigenvalue weighted by Gasteiger charge is -2.09. The lowest BCUT2D eigenvalue weighted by Crippen LogP contribution is -2.35. The van der Waals surface area contributed by atoms with Crippen LogP contribution in [0.2, 0.25) is 0 Å². The Labute approximate surface area is 111 Å². The molecule has 0 saturated carbocycles. The second-order valence-electron chi connectivity index (χ2n) is 4.30. The highest BCUT2D eigenvalue weighted by Gasteiger charge is 2.21. The van der Waals surface area contributed by atoms with E-state index in [9.17, 15) is 26.3 Å². The van der Waals surface area contributed by atoms with Gasteiger partial charge in [0, 0.05) is 12.1 Å². The molecule has 0 fully saturated rings. The third-order valence-corrected chi connectivity index (χ3v) is 2.99. The molecule has 7 heteroatoms. The van der Waals surface area contributed by atoms with E-state index in [0.717, 1.165) is 6.07 Å². The van der Waals surface area contributed by atoms with Gasteiger partial charge in [-0.15, -0.1) is 0 Å². The lowest BCUT2D eigenvalue weighted by molar-refractivity contribution is 0.440. The van der Waals surface area contributed by atoms with Gasteiger partial charge in [0.25, 0.3) is 0 Å². The molecule has 2 aromatic carbocycles. The molecule has 0 saturated heterocycles. The first-order chi connectivity index (χ1) is 9.31. The van der Waals surface area contributed by atoms with Crippen molar-refractivity contribution in [2.24, 2.45) is 0 Å². The Kier molecular flexibility index (Phi) is 3.79. The van der Waals surface area contributed by atoms with E-state index in [4.69, 9.17) is 0 Å². The highest BCUT2D eigenvalue weighted by atomic mass is 19.2. The first-order valence-electron chi connectivity index (χ1n) is 5.57. The van der Waals surface area contributed by atoms with Gasteiger partial charge in [0.15, 0.2) is 17.5 Å². The van der Waals surface area contributed by atoms with E-state index in [2.05, 4.69) is 0 Å². The molecule has 0 heterocycles. The molecule has 0 aliphatic heterocycles. The molecular formula is C13H7BF6. The quantitative estimate of drug-likeness (QED) is 0.344. The Hall–Kier alpha value is -1.92. The van der Waals surface area contributed by atoms with Gasteiger partial charge in [-0.2, -0.15) is 0 Å². The predicted octanol–water partition coefficient (Wildman–Crippen LogP) is 2.22. The fourth-order valence-electron chi connectivity index (χ4n) is 1.84. The number of halogens is 6. The van der Waals surface area contributed by atoms with E-state index >= 15 is 0 Å². The largest absolute Gasteiger partial charge is 0.207 e. The Morgan fingerprint density at radius 3 is 2.05 bits per heavy atom. The molecule has 0 bridgehead atoms. The molecule has 2 rings (SSSR count). The third kappa shape index (κ3) is 2.52. The first kappa shape index (κ1) is 14.5. The summed E-state index contributed by atoms with van der Waals surface area (Å²) in [5.74, 6) is -8.31. The van der Waals surface area contributed by atoms with Crippen LogP contribution in [0.1, 0.15) is 5.56 Å². The summed E-state index contributed by atoms with van der Waals surface area (Å²) in [6.45, 7) is 1.29. The van der Waals surface area contributed by atoms with E-state index in [-0.39, 0.29) is 17.1 Å². The zero-order valence-corrected chi connectivity index (χ0v) is 10.2.